The molecule has 0 saturated carbocycles. The summed E-state index contributed by atoms with van der Waals surface area (Å²) >= 11 is 3.11. The summed E-state index contributed by atoms with van der Waals surface area (Å²) in [5.74, 6) is 1.14. The van der Waals surface area contributed by atoms with Gasteiger partial charge in [0, 0.05) is 22.5 Å². The zero-order valence-corrected chi connectivity index (χ0v) is 18.0. The summed E-state index contributed by atoms with van der Waals surface area (Å²) in [6.07, 6.45) is 2.00. The monoisotopic (exact) mass is 440 g/mol. The van der Waals surface area contributed by atoms with E-state index in [1.54, 1.807) is 38.2 Å². The van der Waals surface area contributed by atoms with Crippen LogP contribution in [-0.4, -0.2) is 35.0 Å². The molecule has 30 heavy (non-hydrogen) atoms. The number of amidine groups is 1. The first-order valence-electron chi connectivity index (χ1n) is 9.16. The number of methoxy groups -OCH3 is 2. The third-order valence-corrected chi connectivity index (χ3v) is 6.60. The zero-order chi connectivity index (χ0) is 20.9. The Morgan fingerprint density at radius 2 is 1.93 bits per heavy atom. The van der Waals surface area contributed by atoms with Crippen LogP contribution in [0.15, 0.2) is 64.7 Å². The number of aromatic nitrogens is 1. The van der Waals surface area contributed by atoms with Gasteiger partial charge in [-0.25, -0.2) is 0 Å². The minimum absolute atomic E-state index is 0.0389. The Kier molecular flexibility index (Phi) is 6.29. The molecular formula is C21H20N4O3S2. The first-order chi connectivity index (χ1) is 14.6. The molecule has 9 heteroatoms. The number of ether oxygens (including phenoxy) is 2. The molecule has 1 unspecified atom stereocenters. The van der Waals surface area contributed by atoms with Crippen LogP contribution in [0.2, 0.25) is 0 Å². The van der Waals surface area contributed by atoms with Crippen LogP contribution in [0.5, 0.6) is 11.5 Å². The highest BCUT2D eigenvalue weighted by molar-refractivity contribution is 8.25. The van der Waals surface area contributed by atoms with Crippen molar-refractivity contribution in [2.24, 2.45) is 5.10 Å². The number of nitrogens with one attached hydrogen (secondary N) is 2. The van der Waals surface area contributed by atoms with Crippen LogP contribution < -0.4 is 20.2 Å². The molecule has 1 aromatic heterocycles. The average molecular weight is 441 g/mol. The van der Waals surface area contributed by atoms with Crippen molar-refractivity contribution in [3.05, 3.63) is 60.3 Å². The highest BCUT2D eigenvalue weighted by Gasteiger charge is 2.23. The molecule has 1 amide bonds. The number of hydrogen-bond acceptors (Lipinski definition) is 8. The predicted octanol–water partition coefficient (Wildman–Crippen LogP) is 3.59. The molecule has 0 bridgehead atoms. The van der Waals surface area contributed by atoms with Crippen molar-refractivity contribution < 1.29 is 14.3 Å². The van der Waals surface area contributed by atoms with E-state index in [0.29, 0.717) is 16.7 Å². The number of fused-ring (bicyclic) bond motifs is 1. The number of pyridine rings is 1. The average Bonchev–Trinajstić information content (AvgIpc) is 3.20. The lowest BCUT2D eigenvalue weighted by Crippen LogP contribution is -2.29. The first kappa shape index (κ1) is 20.4. The second-order valence-electron chi connectivity index (χ2n) is 6.39. The number of thioether (sulfide) groups is 2. The first-order valence-corrected chi connectivity index (χ1v) is 10.9. The van der Waals surface area contributed by atoms with Crippen LogP contribution >= 0.6 is 23.5 Å². The minimum atomic E-state index is -0.154. The predicted molar refractivity (Wildman–Crippen MR) is 121 cm³/mol. The van der Waals surface area contributed by atoms with Crippen LogP contribution in [0.1, 0.15) is 5.56 Å². The van der Waals surface area contributed by atoms with Gasteiger partial charge in [-0.05, 0) is 41.6 Å². The number of amides is 1. The van der Waals surface area contributed by atoms with Gasteiger partial charge in [0.05, 0.1) is 26.2 Å². The van der Waals surface area contributed by atoms with Crippen molar-refractivity contribution in [3.8, 4) is 11.5 Å². The normalized spacial score (nSPS) is 15.4. The van der Waals surface area contributed by atoms with Gasteiger partial charge in [-0.2, -0.15) is 5.10 Å². The van der Waals surface area contributed by atoms with E-state index in [-0.39, 0.29) is 17.0 Å². The van der Waals surface area contributed by atoms with E-state index in [0.717, 1.165) is 21.4 Å². The Balaban J connectivity index is 1.35. The number of hydrogen-bond donors (Lipinski definition) is 2. The molecule has 1 aliphatic heterocycles. The molecule has 0 saturated heterocycles. The van der Waals surface area contributed by atoms with Gasteiger partial charge in [-0.3, -0.25) is 15.2 Å². The number of carbonyl (C=O) groups excluding carboxylic acids is 1. The lowest BCUT2D eigenvalue weighted by Gasteiger charge is -2.11. The number of carbonyl (C=O) groups is 1. The lowest BCUT2D eigenvalue weighted by atomic mass is 10.1. The number of hydrazone groups is 1. The fourth-order valence-electron chi connectivity index (χ4n) is 2.98. The molecule has 1 atom stereocenters. The maximum absolute atomic E-state index is 12.5. The molecular weight excluding hydrogens is 420 g/mol. The van der Waals surface area contributed by atoms with Gasteiger partial charge in [-0.1, -0.05) is 30.0 Å². The zero-order valence-electron chi connectivity index (χ0n) is 16.4. The van der Waals surface area contributed by atoms with Crippen LogP contribution in [0.25, 0.3) is 10.9 Å². The fourth-order valence-corrected chi connectivity index (χ4v) is 5.12. The van der Waals surface area contributed by atoms with E-state index in [1.807, 2.05) is 36.4 Å². The molecule has 0 aliphatic carbocycles. The Morgan fingerprint density at radius 3 is 2.70 bits per heavy atom. The quantitative estimate of drug-likeness (QED) is 0.606. The highest BCUT2D eigenvalue weighted by Crippen LogP contribution is 2.35. The van der Waals surface area contributed by atoms with Gasteiger partial charge < -0.3 is 14.8 Å². The van der Waals surface area contributed by atoms with E-state index in [1.165, 1.54) is 11.8 Å². The summed E-state index contributed by atoms with van der Waals surface area (Å²) in [6, 6.07) is 15.4. The smallest absolute Gasteiger partial charge is 0.230 e. The Bertz CT molecular complexity index is 1080. The topological polar surface area (TPSA) is 84.8 Å². The fraction of sp³-hybridized carbons (Fsp3) is 0.190. The number of benzene rings is 2. The SMILES string of the molecule is COc1cc(CC(=O)NC2=NNC(Sc3ccnc4ccccc34)S2)cc(OC)c1. The molecule has 7 nitrogen and oxygen atoms in total. The molecule has 2 heterocycles. The summed E-state index contributed by atoms with van der Waals surface area (Å²) in [5, 5.41) is 8.75. The van der Waals surface area contributed by atoms with Crippen molar-refractivity contribution in [2.75, 3.05) is 14.2 Å². The van der Waals surface area contributed by atoms with E-state index in [9.17, 15) is 4.79 Å². The van der Waals surface area contributed by atoms with Crippen molar-refractivity contribution >= 4 is 45.5 Å². The van der Waals surface area contributed by atoms with Crippen LogP contribution in [0.4, 0.5) is 0 Å². The molecule has 154 valence electrons. The third kappa shape index (κ3) is 4.80. The third-order valence-electron chi connectivity index (χ3n) is 4.36. The van der Waals surface area contributed by atoms with Gasteiger partial charge in [0.15, 0.2) is 5.17 Å². The summed E-state index contributed by atoms with van der Waals surface area (Å²) in [7, 11) is 3.16. The second kappa shape index (κ2) is 9.27. The Morgan fingerprint density at radius 1 is 1.17 bits per heavy atom. The summed E-state index contributed by atoms with van der Waals surface area (Å²) < 4.78 is 10.5. The maximum Gasteiger partial charge on any atom is 0.230 e. The van der Waals surface area contributed by atoms with Crippen molar-refractivity contribution in [2.45, 2.75) is 16.0 Å². The molecule has 2 aromatic carbocycles. The van der Waals surface area contributed by atoms with E-state index in [2.05, 4.69) is 26.9 Å². The maximum atomic E-state index is 12.5. The van der Waals surface area contributed by atoms with Gasteiger partial charge in [0.25, 0.3) is 0 Å². The standard InChI is InChI=1S/C21H20N4O3S2/c1-27-14-9-13(10-15(12-14)28-2)11-19(26)23-20-24-25-21(30-20)29-18-7-8-22-17-6-4-3-5-16(17)18/h3-10,12,21,25H,11H2,1-2H3,(H,23,24,26). The minimum Gasteiger partial charge on any atom is -0.497 e. The lowest BCUT2D eigenvalue weighted by molar-refractivity contribution is -0.119. The van der Waals surface area contributed by atoms with Crippen LogP contribution in [-0.2, 0) is 11.2 Å². The number of rotatable bonds is 6. The molecule has 0 fully saturated rings. The van der Waals surface area contributed by atoms with E-state index >= 15 is 0 Å². The van der Waals surface area contributed by atoms with Gasteiger partial charge in [0.1, 0.15) is 16.2 Å². The van der Waals surface area contributed by atoms with Crippen LogP contribution in [0.3, 0.4) is 0 Å². The summed E-state index contributed by atoms with van der Waals surface area (Å²) in [4.78, 5) is 18.0. The van der Waals surface area contributed by atoms with Crippen molar-refractivity contribution in [3.63, 3.8) is 0 Å². The highest BCUT2D eigenvalue weighted by atomic mass is 32.2. The van der Waals surface area contributed by atoms with Crippen LogP contribution in [0, 0.1) is 0 Å². The van der Waals surface area contributed by atoms with Gasteiger partial charge >= 0.3 is 0 Å². The molecule has 2 N–H and O–H groups in total. The number of para-hydroxylation sites is 1. The van der Waals surface area contributed by atoms with Crippen molar-refractivity contribution in [1.29, 1.82) is 0 Å². The second-order valence-corrected chi connectivity index (χ2v) is 8.92. The Hall–Kier alpha value is -2.91. The molecule has 3 aromatic rings. The largest absolute Gasteiger partial charge is 0.497 e. The van der Waals surface area contributed by atoms with Gasteiger partial charge in [0.2, 0.25) is 5.91 Å². The molecule has 1 aliphatic rings. The van der Waals surface area contributed by atoms with E-state index in [4.69, 9.17) is 9.47 Å². The molecule has 4 rings (SSSR count). The summed E-state index contributed by atoms with van der Waals surface area (Å²) in [6.45, 7) is 0. The molecule has 0 radical (unpaired) electrons. The van der Waals surface area contributed by atoms with Crippen molar-refractivity contribution in [1.82, 2.24) is 15.7 Å². The van der Waals surface area contributed by atoms with Gasteiger partial charge in [-0.15, -0.1) is 0 Å². The molecule has 0 spiro atoms. The van der Waals surface area contributed by atoms with E-state index < -0.39 is 0 Å². The number of nitrogens with zero attached hydrogens (tertiary/aromatic N) is 2. The summed E-state index contributed by atoms with van der Waals surface area (Å²) in [5.41, 5.74) is 4.82. The Labute approximate surface area is 182 Å².